The van der Waals surface area contributed by atoms with Gasteiger partial charge in [-0.3, -0.25) is 4.68 Å². The molecule has 6 heteroatoms. The maximum Gasteiger partial charge on any atom is 0.150 e. The van der Waals surface area contributed by atoms with E-state index in [2.05, 4.69) is 32.2 Å². The SMILES string of the molecule is [N-]=[N+]=NC1CCN(c2ccn(Cc3ccccc3)n2)C1. The number of anilines is 1. The highest BCUT2D eigenvalue weighted by Gasteiger charge is 2.22. The fourth-order valence-electron chi connectivity index (χ4n) is 2.50. The summed E-state index contributed by atoms with van der Waals surface area (Å²) in [5.41, 5.74) is 9.70. The highest BCUT2D eigenvalue weighted by molar-refractivity contribution is 5.39. The average molecular weight is 268 g/mol. The minimum absolute atomic E-state index is 0.0688. The fraction of sp³-hybridized carbons (Fsp3) is 0.357. The molecular formula is C14H16N6. The number of hydrogen-bond donors (Lipinski definition) is 0. The van der Waals surface area contributed by atoms with Crippen LogP contribution >= 0.6 is 0 Å². The van der Waals surface area contributed by atoms with Gasteiger partial charge in [0.1, 0.15) is 0 Å². The summed E-state index contributed by atoms with van der Waals surface area (Å²) in [6, 6.07) is 12.3. The number of hydrogen-bond acceptors (Lipinski definition) is 3. The van der Waals surface area contributed by atoms with Crippen molar-refractivity contribution in [3.63, 3.8) is 0 Å². The molecule has 1 aromatic carbocycles. The number of benzene rings is 1. The lowest BCUT2D eigenvalue weighted by molar-refractivity contribution is 0.680. The predicted molar refractivity (Wildman–Crippen MR) is 77.5 cm³/mol. The Labute approximate surface area is 117 Å². The summed E-state index contributed by atoms with van der Waals surface area (Å²) in [5, 5.41) is 8.37. The maximum atomic E-state index is 8.47. The van der Waals surface area contributed by atoms with Crippen LogP contribution in [0.15, 0.2) is 47.7 Å². The van der Waals surface area contributed by atoms with E-state index in [1.807, 2.05) is 35.1 Å². The molecule has 0 saturated carbocycles. The summed E-state index contributed by atoms with van der Waals surface area (Å²) in [6.45, 7) is 2.42. The molecule has 1 saturated heterocycles. The van der Waals surface area contributed by atoms with Crippen molar-refractivity contribution in [2.24, 2.45) is 5.11 Å². The van der Waals surface area contributed by atoms with Crippen LogP contribution in [0.3, 0.4) is 0 Å². The molecule has 0 radical (unpaired) electrons. The molecule has 20 heavy (non-hydrogen) atoms. The monoisotopic (exact) mass is 268 g/mol. The Balaban J connectivity index is 1.67. The number of nitrogens with zero attached hydrogens (tertiary/aromatic N) is 6. The average Bonchev–Trinajstić information content (AvgIpc) is 3.10. The lowest BCUT2D eigenvalue weighted by Gasteiger charge is -2.13. The molecule has 0 spiro atoms. The van der Waals surface area contributed by atoms with Crippen LogP contribution in [-0.2, 0) is 6.54 Å². The first kappa shape index (κ1) is 12.6. The van der Waals surface area contributed by atoms with Crippen LogP contribution in [0.5, 0.6) is 0 Å². The minimum Gasteiger partial charge on any atom is -0.355 e. The number of aromatic nitrogens is 2. The van der Waals surface area contributed by atoms with Crippen molar-refractivity contribution in [1.82, 2.24) is 9.78 Å². The van der Waals surface area contributed by atoms with Gasteiger partial charge in [-0.25, -0.2) is 0 Å². The van der Waals surface area contributed by atoms with Crippen LogP contribution in [0.1, 0.15) is 12.0 Å². The van der Waals surface area contributed by atoms with Crippen LogP contribution in [0.4, 0.5) is 5.82 Å². The van der Waals surface area contributed by atoms with Gasteiger partial charge in [-0.15, -0.1) is 0 Å². The summed E-state index contributed by atoms with van der Waals surface area (Å²) >= 11 is 0. The van der Waals surface area contributed by atoms with Gasteiger partial charge in [0.25, 0.3) is 0 Å². The summed E-state index contributed by atoms with van der Waals surface area (Å²) < 4.78 is 1.94. The molecular weight excluding hydrogens is 252 g/mol. The van der Waals surface area contributed by atoms with Gasteiger partial charge in [-0.05, 0) is 17.5 Å². The van der Waals surface area contributed by atoms with Crippen LogP contribution in [0.2, 0.25) is 0 Å². The van der Waals surface area contributed by atoms with Crippen molar-refractivity contribution in [1.29, 1.82) is 0 Å². The van der Waals surface area contributed by atoms with E-state index < -0.39 is 0 Å². The lowest BCUT2D eigenvalue weighted by Crippen LogP contribution is -2.21. The van der Waals surface area contributed by atoms with Crippen molar-refractivity contribution in [2.75, 3.05) is 18.0 Å². The second-order valence-electron chi connectivity index (χ2n) is 4.95. The van der Waals surface area contributed by atoms with E-state index in [9.17, 15) is 0 Å². The lowest BCUT2D eigenvalue weighted by atomic mass is 10.2. The van der Waals surface area contributed by atoms with Gasteiger partial charge in [0.15, 0.2) is 5.82 Å². The molecule has 0 aliphatic carbocycles. The Hall–Kier alpha value is -2.46. The molecule has 0 bridgehead atoms. The Kier molecular flexibility index (Phi) is 3.56. The largest absolute Gasteiger partial charge is 0.355 e. The zero-order valence-electron chi connectivity index (χ0n) is 11.1. The van der Waals surface area contributed by atoms with Crippen LogP contribution in [0, 0.1) is 0 Å². The van der Waals surface area contributed by atoms with Gasteiger partial charge >= 0.3 is 0 Å². The van der Waals surface area contributed by atoms with Crippen LogP contribution in [-0.4, -0.2) is 28.9 Å². The quantitative estimate of drug-likeness (QED) is 0.486. The molecule has 6 nitrogen and oxygen atoms in total. The molecule has 1 aliphatic heterocycles. The predicted octanol–water partition coefficient (Wildman–Crippen LogP) is 2.82. The first-order valence-corrected chi connectivity index (χ1v) is 6.72. The van der Waals surface area contributed by atoms with E-state index in [0.717, 1.165) is 31.9 Å². The zero-order chi connectivity index (χ0) is 13.8. The van der Waals surface area contributed by atoms with Gasteiger partial charge in [0.05, 0.1) is 12.6 Å². The number of azide groups is 1. The minimum atomic E-state index is 0.0688. The third-order valence-corrected chi connectivity index (χ3v) is 3.52. The fourth-order valence-corrected chi connectivity index (χ4v) is 2.50. The molecule has 2 aromatic rings. The van der Waals surface area contributed by atoms with Gasteiger partial charge in [0.2, 0.25) is 0 Å². The van der Waals surface area contributed by atoms with Gasteiger partial charge in [-0.2, -0.15) is 5.10 Å². The molecule has 1 atom stereocenters. The normalized spacial score (nSPS) is 18.0. The second-order valence-corrected chi connectivity index (χ2v) is 4.95. The van der Waals surface area contributed by atoms with E-state index in [-0.39, 0.29) is 6.04 Å². The van der Waals surface area contributed by atoms with E-state index in [1.54, 1.807) is 0 Å². The first-order chi connectivity index (χ1) is 9.85. The van der Waals surface area contributed by atoms with Crippen molar-refractivity contribution in [3.8, 4) is 0 Å². The Morgan fingerprint density at radius 1 is 1.30 bits per heavy atom. The molecule has 1 unspecified atom stereocenters. The second kappa shape index (κ2) is 5.67. The molecule has 1 fully saturated rings. The van der Waals surface area contributed by atoms with Gasteiger partial charge in [0, 0.05) is 30.3 Å². The van der Waals surface area contributed by atoms with Crippen molar-refractivity contribution in [3.05, 3.63) is 58.6 Å². The smallest absolute Gasteiger partial charge is 0.150 e. The van der Waals surface area contributed by atoms with Crippen LogP contribution < -0.4 is 4.90 Å². The van der Waals surface area contributed by atoms with Crippen molar-refractivity contribution in [2.45, 2.75) is 19.0 Å². The zero-order valence-corrected chi connectivity index (χ0v) is 11.1. The topological polar surface area (TPSA) is 69.8 Å². The molecule has 3 rings (SSSR count). The van der Waals surface area contributed by atoms with E-state index in [0.29, 0.717) is 0 Å². The van der Waals surface area contributed by atoms with E-state index >= 15 is 0 Å². The van der Waals surface area contributed by atoms with Gasteiger partial charge < -0.3 is 4.90 Å². The molecule has 1 aromatic heterocycles. The number of rotatable bonds is 4. The summed E-state index contributed by atoms with van der Waals surface area (Å²) in [4.78, 5) is 5.05. The first-order valence-electron chi connectivity index (χ1n) is 6.72. The third-order valence-electron chi connectivity index (χ3n) is 3.52. The highest BCUT2D eigenvalue weighted by Crippen LogP contribution is 2.20. The van der Waals surface area contributed by atoms with Crippen molar-refractivity contribution < 1.29 is 0 Å². The molecule has 102 valence electrons. The molecule has 2 heterocycles. The van der Waals surface area contributed by atoms with Crippen molar-refractivity contribution >= 4 is 5.82 Å². The Morgan fingerprint density at radius 3 is 2.95 bits per heavy atom. The van der Waals surface area contributed by atoms with E-state index in [4.69, 9.17) is 5.53 Å². The molecule has 1 aliphatic rings. The molecule has 0 N–H and O–H groups in total. The summed E-state index contributed by atoms with van der Waals surface area (Å²) in [6.07, 6.45) is 2.89. The molecule has 0 amide bonds. The summed E-state index contributed by atoms with van der Waals surface area (Å²) in [5.74, 6) is 0.955. The third kappa shape index (κ3) is 2.75. The summed E-state index contributed by atoms with van der Waals surface area (Å²) in [7, 11) is 0. The van der Waals surface area contributed by atoms with E-state index in [1.165, 1.54) is 5.56 Å². The Bertz CT molecular complexity index is 614. The maximum absolute atomic E-state index is 8.47. The van der Waals surface area contributed by atoms with Gasteiger partial charge in [-0.1, -0.05) is 35.4 Å². The van der Waals surface area contributed by atoms with Crippen LogP contribution in [0.25, 0.3) is 10.4 Å². The highest BCUT2D eigenvalue weighted by atomic mass is 15.4. The standard InChI is InChI=1S/C14H16N6/c15-18-16-13-6-8-19(11-13)14-7-9-20(17-14)10-12-4-2-1-3-5-12/h1-5,7,9,13H,6,8,10-11H2. The Morgan fingerprint density at radius 2 is 2.15 bits per heavy atom.